The quantitative estimate of drug-likeness (QED) is 0.126. The van der Waals surface area contributed by atoms with Gasteiger partial charge in [-0.15, -0.1) is 0 Å². The second-order valence-electron chi connectivity index (χ2n) is 26.7. The molecule has 2 aliphatic rings. The fourth-order valence-electron chi connectivity index (χ4n) is 18.2. The van der Waals surface area contributed by atoms with Crippen LogP contribution in [-0.4, -0.2) is 0 Å². The number of benzene rings is 18. The van der Waals surface area contributed by atoms with Crippen LogP contribution in [-0.2, 0) is 10.8 Å². The Morgan fingerprint density at radius 1 is 0.133 bits per heavy atom. The van der Waals surface area contributed by atoms with Crippen LogP contribution in [0, 0.1) is 0 Å². The molecule has 0 spiro atoms. The molecule has 0 saturated carbocycles. The highest BCUT2D eigenvalue weighted by Crippen LogP contribution is 2.61. The monoisotopic (exact) mass is 1240 g/mol. The van der Waals surface area contributed by atoms with Crippen LogP contribution in [0.1, 0.15) is 44.5 Å². The van der Waals surface area contributed by atoms with Gasteiger partial charge in [0.25, 0.3) is 0 Å². The van der Waals surface area contributed by atoms with Gasteiger partial charge in [-0.3, -0.25) is 0 Å². The molecule has 0 N–H and O–H groups in total. The Kier molecular flexibility index (Phi) is 12.6. The smallest absolute Gasteiger partial charge is 0.0622 e. The Hall–Kier alpha value is -12.5. The lowest BCUT2D eigenvalue weighted by Gasteiger charge is -2.34. The van der Waals surface area contributed by atoms with E-state index in [1.807, 2.05) is 0 Å². The summed E-state index contributed by atoms with van der Waals surface area (Å²) in [6.07, 6.45) is 0. The Morgan fingerprint density at radius 3 is 0.622 bits per heavy atom. The van der Waals surface area contributed by atoms with E-state index in [4.69, 9.17) is 0 Å². The predicted molar refractivity (Wildman–Crippen MR) is 413 cm³/mol. The Balaban J connectivity index is 0.809. The van der Waals surface area contributed by atoms with Gasteiger partial charge in [0.2, 0.25) is 0 Å². The molecule has 2 aliphatic carbocycles. The molecule has 18 aromatic carbocycles. The molecule has 18 aromatic rings. The van der Waals surface area contributed by atoms with Gasteiger partial charge in [0, 0.05) is 0 Å². The SMILES string of the molecule is c1ccc(-c2c3ccccc3c(-c3ccc4c(c3)C(c3ccccc3)(c3ccccc3)c3cc(-c5c6ccccc6c(-c6c7ccccc7c(-c7ccc8c(c7)C(c7ccccc7)(c7ccccc7)c7ccccc7-8)c7ccccc67)c6ccccc56)ccc3-4)c3ccccc23)cc1. The molecule has 0 aromatic heterocycles. The molecule has 0 atom stereocenters. The van der Waals surface area contributed by atoms with Crippen molar-refractivity contribution in [1.82, 2.24) is 0 Å². The lowest BCUT2D eigenvalue weighted by Crippen LogP contribution is -2.28. The maximum absolute atomic E-state index is 2.57. The van der Waals surface area contributed by atoms with E-state index in [9.17, 15) is 0 Å². The predicted octanol–water partition coefficient (Wildman–Crippen LogP) is 25.7. The average molecular weight is 1240 g/mol. The fraction of sp³-hybridized carbons (Fsp3) is 0.0204. The van der Waals surface area contributed by atoms with E-state index in [2.05, 4.69) is 376 Å². The summed E-state index contributed by atoms with van der Waals surface area (Å²) in [7, 11) is 0. The van der Waals surface area contributed by atoms with Crippen molar-refractivity contribution in [2.45, 2.75) is 10.8 Å². The van der Waals surface area contributed by atoms with Gasteiger partial charge in [-0.2, -0.15) is 0 Å². The minimum absolute atomic E-state index is 0.533. The molecule has 0 heterocycles. The minimum atomic E-state index is -0.687. The van der Waals surface area contributed by atoms with E-state index in [0.29, 0.717) is 0 Å². The zero-order valence-corrected chi connectivity index (χ0v) is 53.8. The third-order valence-electron chi connectivity index (χ3n) is 22.0. The molecule has 0 saturated heterocycles. The summed E-state index contributed by atoms with van der Waals surface area (Å²) < 4.78 is 0. The third-order valence-corrected chi connectivity index (χ3v) is 22.0. The van der Waals surface area contributed by atoms with Gasteiger partial charge in [0.05, 0.1) is 10.8 Å². The molecule has 0 bridgehead atoms. The Bertz CT molecular complexity index is 6010. The Labute approximate surface area is 570 Å². The molecule has 0 radical (unpaired) electrons. The van der Waals surface area contributed by atoms with Crippen LogP contribution in [0.5, 0.6) is 0 Å². The highest BCUT2D eigenvalue weighted by atomic mass is 14.5. The third kappa shape index (κ3) is 7.95. The normalized spacial score (nSPS) is 13.3. The number of hydrogen-bond acceptors (Lipinski definition) is 0. The van der Waals surface area contributed by atoms with Gasteiger partial charge in [0.1, 0.15) is 0 Å². The van der Waals surface area contributed by atoms with Crippen LogP contribution in [0.3, 0.4) is 0 Å². The van der Waals surface area contributed by atoms with E-state index in [-0.39, 0.29) is 0 Å². The second-order valence-corrected chi connectivity index (χ2v) is 26.7. The lowest BCUT2D eigenvalue weighted by atomic mass is 9.67. The van der Waals surface area contributed by atoms with Gasteiger partial charge in [-0.25, -0.2) is 0 Å². The van der Waals surface area contributed by atoms with E-state index >= 15 is 0 Å². The largest absolute Gasteiger partial charge is 0.0713 e. The summed E-state index contributed by atoms with van der Waals surface area (Å²) in [4.78, 5) is 0. The number of hydrogen-bond donors (Lipinski definition) is 0. The van der Waals surface area contributed by atoms with Crippen LogP contribution >= 0.6 is 0 Å². The van der Waals surface area contributed by atoms with Crippen LogP contribution < -0.4 is 0 Å². The topological polar surface area (TPSA) is 0 Å². The average Bonchev–Trinajstić information content (AvgIpc) is 1.64. The molecule has 20 rings (SSSR count). The van der Waals surface area contributed by atoms with Crippen LogP contribution in [0.25, 0.3) is 143 Å². The molecular weight excluding hydrogens is 1180 g/mol. The summed E-state index contributed by atoms with van der Waals surface area (Å²) in [5.74, 6) is 0. The standard InChI is InChI=1S/C98H62/c1-6-30-63(31-7-1)91-75-41-16-18-43-77(75)92(78-44-19-17-42-76(78)91)65-55-58-73-74-59-56-66(62-90(74)98(89(73)61-65,69-36-12-4-13-37-69)70-38-14-5-15-39-70)94-81-47-22-26-51-85(81)96(86-52-27-23-48-82(86)94)95-83-49-24-20-45-79(83)93(80-46-21-25-50-84(80)95)64-54-57-72-71-40-28-29-53-87(71)97(88(72)60-64,67-32-8-2-9-33-67)68-34-10-3-11-35-68/h1-62H. The number of rotatable bonds is 9. The molecule has 0 amide bonds. The maximum atomic E-state index is 2.57. The first kappa shape index (κ1) is 55.9. The summed E-state index contributed by atoms with van der Waals surface area (Å²) in [6.45, 7) is 0. The first-order valence-corrected chi connectivity index (χ1v) is 34.3. The van der Waals surface area contributed by atoms with Gasteiger partial charge >= 0.3 is 0 Å². The van der Waals surface area contributed by atoms with E-state index in [0.717, 1.165) is 0 Å². The molecule has 0 heteroatoms. The molecule has 98 heavy (non-hydrogen) atoms. The Morgan fingerprint density at radius 2 is 0.337 bits per heavy atom. The van der Waals surface area contributed by atoms with Gasteiger partial charge < -0.3 is 0 Å². The zero-order valence-electron chi connectivity index (χ0n) is 53.8. The first-order chi connectivity index (χ1) is 48.7. The molecule has 454 valence electrons. The van der Waals surface area contributed by atoms with Gasteiger partial charge in [-0.1, -0.05) is 358 Å². The molecule has 0 unspecified atom stereocenters. The second kappa shape index (κ2) is 22.0. The van der Waals surface area contributed by atoms with Crippen molar-refractivity contribution in [3.8, 4) is 77.9 Å². The van der Waals surface area contributed by atoms with Crippen molar-refractivity contribution in [3.05, 3.63) is 421 Å². The zero-order chi connectivity index (χ0) is 64.5. The molecule has 0 nitrogen and oxygen atoms in total. The van der Waals surface area contributed by atoms with Crippen molar-refractivity contribution < 1.29 is 0 Å². The van der Waals surface area contributed by atoms with Crippen molar-refractivity contribution in [3.63, 3.8) is 0 Å². The molecular formula is C98H62. The van der Waals surface area contributed by atoms with Crippen LogP contribution in [0.4, 0.5) is 0 Å². The minimum Gasteiger partial charge on any atom is -0.0622 e. The van der Waals surface area contributed by atoms with Gasteiger partial charge in [0.15, 0.2) is 0 Å². The van der Waals surface area contributed by atoms with Crippen molar-refractivity contribution in [2.24, 2.45) is 0 Å². The highest BCUT2D eigenvalue weighted by molar-refractivity contribution is 6.30. The van der Waals surface area contributed by atoms with Crippen molar-refractivity contribution in [2.75, 3.05) is 0 Å². The van der Waals surface area contributed by atoms with E-state index in [1.165, 1.54) is 187 Å². The number of fused-ring (bicyclic) bond motifs is 12. The van der Waals surface area contributed by atoms with E-state index < -0.39 is 10.8 Å². The molecule has 0 fully saturated rings. The lowest BCUT2D eigenvalue weighted by molar-refractivity contribution is 0.769. The van der Waals surface area contributed by atoms with Gasteiger partial charge in [-0.05, 0) is 205 Å². The summed E-state index contributed by atoms with van der Waals surface area (Å²) >= 11 is 0. The maximum Gasteiger partial charge on any atom is 0.0713 e. The van der Waals surface area contributed by atoms with Crippen LogP contribution in [0.15, 0.2) is 376 Å². The van der Waals surface area contributed by atoms with Crippen LogP contribution in [0.2, 0.25) is 0 Å². The van der Waals surface area contributed by atoms with E-state index in [1.54, 1.807) is 0 Å². The van der Waals surface area contributed by atoms with Crippen molar-refractivity contribution in [1.29, 1.82) is 0 Å². The fourth-order valence-corrected chi connectivity index (χ4v) is 18.2. The summed E-state index contributed by atoms with van der Waals surface area (Å²) in [5.41, 5.74) is 26.3. The first-order valence-electron chi connectivity index (χ1n) is 34.3. The molecule has 0 aliphatic heterocycles. The summed E-state index contributed by atoms with van der Waals surface area (Å²) in [6, 6.07) is 142. The summed E-state index contributed by atoms with van der Waals surface area (Å²) in [5, 5.41) is 14.8. The highest BCUT2D eigenvalue weighted by Gasteiger charge is 2.48. The van der Waals surface area contributed by atoms with Crippen molar-refractivity contribution >= 4 is 64.6 Å².